The number of aromatic hydroxyl groups is 1. The van der Waals surface area contributed by atoms with Crippen molar-refractivity contribution in [1.29, 1.82) is 0 Å². The zero-order valence-corrected chi connectivity index (χ0v) is 24.5. The minimum absolute atomic E-state index is 0.00788. The SMILES string of the molecule is CCc1c(F)ccc2cc(O)cc(-c3nc(OC)c4c(N5CCOCC5)nc(OCC56CCCN5CCC6)nc4c3F)c12. The number of halogens is 2. The Morgan fingerprint density at radius 1 is 1.00 bits per heavy atom. The molecule has 11 heteroatoms. The molecule has 5 heterocycles. The smallest absolute Gasteiger partial charge is 0.319 e. The van der Waals surface area contributed by atoms with Crippen LogP contribution in [0.3, 0.4) is 0 Å². The molecule has 9 nitrogen and oxygen atoms in total. The first-order chi connectivity index (χ1) is 20.9. The van der Waals surface area contributed by atoms with Gasteiger partial charge in [0, 0.05) is 18.7 Å². The minimum Gasteiger partial charge on any atom is -0.508 e. The summed E-state index contributed by atoms with van der Waals surface area (Å²) in [4.78, 5) is 18.5. The van der Waals surface area contributed by atoms with Crippen LogP contribution in [0.4, 0.5) is 14.6 Å². The summed E-state index contributed by atoms with van der Waals surface area (Å²) in [6, 6.07) is 5.96. The Hall–Kier alpha value is -3.83. The molecule has 0 spiro atoms. The van der Waals surface area contributed by atoms with Gasteiger partial charge in [-0.05, 0) is 79.7 Å². The molecule has 0 bridgehead atoms. The number of hydrogen-bond acceptors (Lipinski definition) is 9. The highest BCUT2D eigenvalue weighted by atomic mass is 19.1. The third-order valence-electron chi connectivity index (χ3n) is 9.26. The quantitative estimate of drug-likeness (QED) is 0.310. The van der Waals surface area contributed by atoms with Gasteiger partial charge in [0.05, 0.1) is 25.9 Å². The number of anilines is 1. The topological polar surface area (TPSA) is 93.1 Å². The second kappa shape index (κ2) is 11.0. The summed E-state index contributed by atoms with van der Waals surface area (Å²) in [5, 5.41) is 12.0. The van der Waals surface area contributed by atoms with E-state index in [4.69, 9.17) is 19.2 Å². The van der Waals surface area contributed by atoms with Crippen molar-refractivity contribution in [3.05, 3.63) is 41.5 Å². The Morgan fingerprint density at radius 3 is 2.49 bits per heavy atom. The van der Waals surface area contributed by atoms with E-state index in [2.05, 4.69) is 14.9 Å². The molecule has 0 unspecified atom stereocenters. The molecular weight excluding hydrogens is 556 g/mol. The number of aromatic nitrogens is 3. The molecule has 0 aliphatic carbocycles. The van der Waals surface area contributed by atoms with E-state index < -0.39 is 11.6 Å². The van der Waals surface area contributed by atoms with E-state index in [1.807, 2.05) is 11.8 Å². The molecule has 3 fully saturated rings. The average molecular weight is 592 g/mol. The van der Waals surface area contributed by atoms with Gasteiger partial charge in [0.2, 0.25) is 5.88 Å². The molecule has 4 aromatic rings. The molecule has 1 N–H and O–H groups in total. The monoisotopic (exact) mass is 591 g/mol. The first-order valence-electron chi connectivity index (χ1n) is 15.0. The number of rotatable bonds is 7. The normalized spacial score (nSPS) is 18.5. The molecule has 0 saturated carbocycles. The van der Waals surface area contributed by atoms with Gasteiger partial charge in [0.25, 0.3) is 0 Å². The van der Waals surface area contributed by atoms with Crippen molar-refractivity contribution in [2.75, 3.05) is 58.0 Å². The van der Waals surface area contributed by atoms with Gasteiger partial charge >= 0.3 is 6.01 Å². The van der Waals surface area contributed by atoms with Crippen molar-refractivity contribution in [2.45, 2.75) is 44.6 Å². The number of morpholine rings is 1. The van der Waals surface area contributed by atoms with E-state index in [0.717, 1.165) is 38.8 Å². The number of hydrogen-bond donors (Lipinski definition) is 1. The minimum atomic E-state index is -0.725. The maximum absolute atomic E-state index is 16.9. The zero-order valence-electron chi connectivity index (χ0n) is 24.5. The van der Waals surface area contributed by atoms with Crippen molar-refractivity contribution < 1.29 is 28.1 Å². The van der Waals surface area contributed by atoms with Crippen LogP contribution in [0.1, 0.15) is 38.2 Å². The van der Waals surface area contributed by atoms with Crippen LogP contribution >= 0.6 is 0 Å². The van der Waals surface area contributed by atoms with Crippen LogP contribution in [-0.4, -0.2) is 83.6 Å². The number of phenolic OH excluding ortho intramolecular Hbond substituents is 1. The summed E-state index contributed by atoms with van der Waals surface area (Å²) < 4.78 is 49.4. The van der Waals surface area contributed by atoms with Gasteiger partial charge in [-0.3, -0.25) is 4.90 Å². The molecule has 226 valence electrons. The van der Waals surface area contributed by atoms with Crippen LogP contribution in [0.2, 0.25) is 0 Å². The standard InChI is InChI=1S/C32H35F2N5O4/c1-3-21-23(33)7-6-19-16-20(40)17-22(24(19)21)27-26(34)28-25(30(35-27)41-2)29(38-12-14-42-15-13-38)37-31(36-28)43-18-32-8-4-10-39(32)11-5-9-32/h6-7,16-17,40H,3-5,8-15,18H2,1-2H3. The number of pyridine rings is 1. The van der Waals surface area contributed by atoms with Gasteiger partial charge in [-0.1, -0.05) is 13.0 Å². The van der Waals surface area contributed by atoms with Crippen molar-refractivity contribution in [3.8, 4) is 28.9 Å². The van der Waals surface area contributed by atoms with Crippen LogP contribution in [0.5, 0.6) is 17.6 Å². The molecule has 7 rings (SSSR count). The number of nitrogens with zero attached hydrogens (tertiary/aromatic N) is 5. The summed E-state index contributed by atoms with van der Waals surface area (Å²) in [7, 11) is 1.46. The van der Waals surface area contributed by atoms with Gasteiger partial charge in [0.15, 0.2) is 5.82 Å². The Balaban J connectivity index is 1.43. The Labute approximate surface area is 248 Å². The maximum atomic E-state index is 16.9. The fourth-order valence-electron chi connectivity index (χ4n) is 7.19. The lowest BCUT2D eigenvalue weighted by atomic mass is 9.94. The predicted octanol–water partition coefficient (Wildman–Crippen LogP) is 5.24. The lowest BCUT2D eigenvalue weighted by molar-refractivity contribution is 0.107. The van der Waals surface area contributed by atoms with Gasteiger partial charge in [-0.2, -0.15) is 9.97 Å². The fourth-order valence-corrected chi connectivity index (χ4v) is 7.19. The van der Waals surface area contributed by atoms with E-state index in [-0.39, 0.29) is 40.0 Å². The summed E-state index contributed by atoms with van der Waals surface area (Å²) in [6.45, 7) is 6.46. The van der Waals surface area contributed by atoms with Crippen molar-refractivity contribution in [3.63, 3.8) is 0 Å². The molecule has 3 aliphatic rings. The second-order valence-electron chi connectivity index (χ2n) is 11.6. The van der Waals surface area contributed by atoms with Crippen molar-refractivity contribution in [1.82, 2.24) is 19.9 Å². The lowest BCUT2D eigenvalue weighted by Gasteiger charge is -2.32. The number of benzene rings is 2. The van der Waals surface area contributed by atoms with Crippen LogP contribution in [0.25, 0.3) is 32.9 Å². The van der Waals surface area contributed by atoms with E-state index in [0.29, 0.717) is 66.9 Å². The largest absolute Gasteiger partial charge is 0.508 e. The first-order valence-corrected chi connectivity index (χ1v) is 15.0. The summed E-state index contributed by atoms with van der Waals surface area (Å²) in [6.07, 6.45) is 4.72. The molecule has 0 radical (unpaired) electrons. The molecule has 43 heavy (non-hydrogen) atoms. The highest BCUT2D eigenvalue weighted by molar-refractivity contribution is 6.03. The Kier molecular flexibility index (Phi) is 7.17. The second-order valence-corrected chi connectivity index (χ2v) is 11.6. The fraction of sp³-hybridized carbons (Fsp3) is 0.469. The van der Waals surface area contributed by atoms with Crippen molar-refractivity contribution in [2.24, 2.45) is 0 Å². The molecule has 2 aromatic carbocycles. The number of ether oxygens (including phenoxy) is 3. The van der Waals surface area contributed by atoms with Crippen LogP contribution < -0.4 is 14.4 Å². The predicted molar refractivity (Wildman–Crippen MR) is 159 cm³/mol. The van der Waals surface area contributed by atoms with E-state index >= 15 is 4.39 Å². The van der Waals surface area contributed by atoms with Gasteiger partial charge < -0.3 is 24.2 Å². The maximum Gasteiger partial charge on any atom is 0.319 e. The summed E-state index contributed by atoms with van der Waals surface area (Å²) in [5.41, 5.74) is 0.513. The van der Waals surface area contributed by atoms with Crippen molar-refractivity contribution >= 4 is 27.5 Å². The number of fused-ring (bicyclic) bond motifs is 3. The number of aryl methyl sites for hydroxylation is 1. The highest BCUT2D eigenvalue weighted by Gasteiger charge is 2.45. The third kappa shape index (κ3) is 4.69. The third-order valence-corrected chi connectivity index (χ3v) is 9.26. The number of methoxy groups -OCH3 is 1. The summed E-state index contributed by atoms with van der Waals surface area (Å²) >= 11 is 0. The van der Waals surface area contributed by atoms with Crippen LogP contribution in [-0.2, 0) is 11.2 Å². The first kappa shape index (κ1) is 28.0. The molecule has 0 amide bonds. The average Bonchev–Trinajstić information content (AvgIpc) is 3.61. The van der Waals surface area contributed by atoms with Crippen LogP contribution in [0, 0.1) is 11.6 Å². The molecule has 0 atom stereocenters. The van der Waals surface area contributed by atoms with Crippen LogP contribution in [0.15, 0.2) is 24.3 Å². The molecular formula is C32H35F2N5O4. The molecule has 3 aliphatic heterocycles. The highest BCUT2D eigenvalue weighted by Crippen LogP contribution is 2.43. The van der Waals surface area contributed by atoms with E-state index in [1.54, 1.807) is 6.07 Å². The Morgan fingerprint density at radius 2 is 1.77 bits per heavy atom. The molecule has 2 aromatic heterocycles. The van der Waals surface area contributed by atoms with Gasteiger partial charge in [-0.15, -0.1) is 0 Å². The molecule has 3 saturated heterocycles. The van der Waals surface area contributed by atoms with Gasteiger partial charge in [-0.25, -0.2) is 13.8 Å². The Bertz CT molecular complexity index is 1700. The van der Waals surface area contributed by atoms with E-state index in [1.165, 1.54) is 25.3 Å². The summed E-state index contributed by atoms with van der Waals surface area (Å²) in [5.74, 6) is -0.630. The van der Waals surface area contributed by atoms with Gasteiger partial charge in [0.1, 0.15) is 40.6 Å². The zero-order chi connectivity index (χ0) is 29.7. The lowest BCUT2D eigenvalue weighted by Crippen LogP contribution is -2.43. The number of phenols is 1. The van der Waals surface area contributed by atoms with E-state index in [9.17, 15) is 9.50 Å².